The van der Waals surface area contributed by atoms with Gasteiger partial charge in [-0.1, -0.05) is 36.4 Å². The second kappa shape index (κ2) is 7.88. The quantitative estimate of drug-likeness (QED) is 0.923. The zero-order chi connectivity index (χ0) is 15.9. The monoisotopic (exact) mass is 309 g/mol. The molecule has 1 atom stereocenters. The van der Waals surface area contributed by atoms with Crippen LogP contribution in [0.15, 0.2) is 54.7 Å². The van der Waals surface area contributed by atoms with Crippen molar-refractivity contribution in [1.82, 2.24) is 15.2 Å². The molecule has 0 saturated carbocycles. The Bertz CT molecular complexity index is 615. The number of piperidine rings is 1. The Labute approximate surface area is 137 Å². The number of nitrogens with one attached hydrogen (secondary N) is 1. The fraction of sp³-hybridized carbons (Fsp3) is 0.368. The molecule has 2 heterocycles. The number of amides is 1. The minimum Gasteiger partial charge on any atom is -0.350 e. The maximum absolute atomic E-state index is 12.1. The first-order chi connectivity index (χ1) is 11.3. The minimum absolute atomic E-state index is 0.0780. The molecule has 120 valence electrons. The molecule has 1 N–H and O–H groups in total. The number of rotatable bonds is 5. The van der Waals surface area contributed by atoms with Gasteiger partial charge in [0.15, 0.2) is 0 Å². The minimum atomic E-state index is -0.0780. The van der Waals surface area contributed by atoms with Crippen molar-refractivity contribution in [2.24, 2.45) is 5.92 Å². The molecule has 1 saturated heterocycles. The maximum atomic E-state index is 12.1. The van der Waals surface area contributed by atoms with Gasteiger partial charge in [0.1, 0.15) is 5.69 Å². The van der Waals surface area contributed by atoms with Crippen LogP contribution in [0.25, 0.3) is 0 Å². The number of carbonyl (C=O) groups is 1. The number of hydrogen-bond acceptors (Lipinski definition) is 3. The molecule has 1 unspecified atom stereocenters. The van der Waals surface area contributed by atoms with E-state index < -0.39 is 0 Å². The Morgan fingerprint density at radius 1 is 1.17 bits per heavy atom. The number of carbonyl (C=O) groups excluding carboxylic acids is 1. The largest absolute Gasteiger partial charge is 0.350 e. The molecule has 0 spiro atoms. The van der Waals surface area contributed by atoms with Gasteiger partial charge in [-0.25, -0.2) is 0 Å². The lowest BCUT2D eigenvalue weighted by atomic mass is 9.97. The summed E-state index contributed by atoms with van der Waals surface area (Å²) >= 11 is 0. The highest BCUT2D eigenvalue weighted by Crippen LogP contribution is 2.18. The van der Waals surface area contributed by atoms with Crippen LogP contribution < -0.4 is 5.32 Å². The number of hydrogen-bond donors (Lipinski definition) is 1. The Hall–Kier alpha value is -2.20. The summed E-state index contributed by atoms with van der Waals surface area (Å²) in [4.78, 5) is 18.6. The summed E-state index contributed by atoms with van der Waals surface area (Å²) in [5, 5.41) is 3.02. The molecule has 0 bridgehead atoms. The van der Waals surface area contributed by atoms with Crippen molar-refractivity contribution in [2.45, 2.75) is 19.4 Å². The Morgan fingerprint density at radius 3 is 2.78 bits per heavy atom. The van der Waals surface area contributed by atoms with Crippen molar-refractivity contribution in [2.75, 3.05) is 19.6 Å². The molecule has 0 aliphatic carbocycles. The molecular weight excluding hydrogens is 286 g/mol. The third-order valence-corrected chi connectivity index (χ3v) is 4.30. The summed E-state index contributed by atoms with van der Waals surface area (Å²) in [6.07, 6.45) is 4.02. The number of likely N-dealkylation sites (tertiary alicyclic amines) is 1. The van der Waals surface area contributed by atoms with E-state index in [1.165, 1.54) is 18.4 Å². The molecule has 1 aliphatic rings. The van der Waals surface area contributed by atoms with E-state index in [0.29, 0.717) is 11.6 Å². The first-order valence-electron chi connectivity index (χ1n) is 8.27. The molecule has 4 heteroatoms. The van der Waals surface area contributed by atoms with Crippen molar-refractivity contribution >= 4 is 5.91 Å². The van der Waals surface area contributed by atoms with Gasteiger partial charge in [-0.3, -0.25) is 14.7 Å². The zero-order valence-electron chi connectivity index (χ0n) is 13.3. The van der Waals surface area contributed by atoms with Crippen molar-refractivity contribution in [3.63, 3.8) is 0 Å². The number of benzene rings is 1. The summed E-state index contributed by atoms with van der Waals surface area (Å²) in [6, 6.07) is 16.0. The molecule has 1 aliphatic heterocycles. The SMILES string of the molecule is O=C(NCC1CCCN(Cc2ccccc2)C1)c1ccccn1. The van der Waals surface area contributed by atoms with Gasteiger partial charge in [-0.05, 0) is 43.0 Å². The van der Waals surface area contributed by atoms with E-state index in [2.05, 4.69) is 45.5 Å². The average molecular weight is 309 g/mol. The fourth-order valence-corrected chi connectivity index (χ4v) is 3.13. The highest BCUT2D eigenvalue weighted by molar-refractivity contribution is 5.92. The van der Waals surface area contributed by atoms with E-state index in [-0.39, 0.29) is 5.91 Å². The van der Waals surface area contributed by atoms with Crippen LogP contribution in [0.1, 0.15) is 28.9 Å². The molecular formula is C19H23N3O. The molecule has 4 nitrogen and oxygen atoms in total. The van der Waals surface area contributed by atoms with Crippen molar-refractivity contribution in [3.05, 3.63) is 66.0 Å². The van der Waals surface area contributed by atoms with Crippen LogP contribution in [0.5, 0.6) is 0 Å². The fourth-order valence-electron chi connectivity index (χ4n) is 3.13. The first kappa shape index (κ1) is 15.7. The molecule has 3 rings (SSSR count). The Morgan fingerprint density at radius 2 is 2.00 bits per heavy atom. The molecule has 1 aromatic carbocycles. The van der Waals surface area contributed by atoms with Crippen molar-refractivity contribution in [3.8, 4) is 0 Å². The van der Waals surface area contributed by atoms with Gasteiger partial charge in [-0.2, -0.15) is 0 Å². The topological polar surface area (TPSA) is 45.2 Å². The molecule has 23 heavy (non-hydrogen) atoms. The van der Waals surface area contributed by atoms with Gasteiger partial charge < -0.3 is 5.32 Å². The van der Waals surface area contributed by atoms with Crippen LogP contribution in [0.3, 0.4) is 0 Å². The summed E-state index contributed by atoms with van der Waals surface area (Å²) in [7, 11) is 0. The summed E-state index contributed by atoms with van der Waals surface area (Å²) in [5.74, 6) is 0.436. The summed E-state index contributed by atoms with van der Waals surface area (Å²) < 4.78 is 0. The third-order valence-electron chi connectivity index (χ3n) is 4.30. The highest BCUT2D eigenvalue weighted by Gasteiger charge is 2.20. The van der Waals surface area contributed by atoms with Crippen molar-refractivity contribution < 1.29 is 4.79 Å². The van der Waals surface area contributed by atoms with E-state index >= 15 is 0 Å². The van der Waals surface area contributed by atoms with E-state index in [4.69, 9.17) is 0 Å². The predicted octanol–water partition coefficient (Wildman–Crippen LogP) is 2.72. The van der Waals surface area contributed by atoms with Crippen LogP contribution >= 0.6 is 0 Å². The van der Waals surface area contributed by atoms with E-state index in [1.807, 2.05) is 12.1 Å². The molecule has 1 fully saturated rings. The second-order valence-corrected chi connectivity index (χ2v) is 6.15. The third kappa shape index (κ3) is 4.63. The van der Waals surface area contributed by atoms with Gasteiger partial charge in [0.2, 0.25) is 0 Å². The van der Waals surface area contributed by atoms with Gasteiger partial charge in [0.25, 0.3) is 5.91 Å². The number of nitrogens with zero attached hydrogens (tertiary/aromatic N) is 2. The van der Waals surface area contributed by atoms with Gasteiger partial charge in [0.05, 0.1) is 0 Å². The van der Waals surface area contributed by atoms with Crippen LogP contribution in [-0.2, 0) is 6.54 Å². The lowest BCUT2D eigenvalue weighted by molar-refractivity contribution is 0.0925. The van der Waals surface area contributed by atoms with Crippen LogP contribution in [0, 0.1) is 5.92 Å². The predicted molar refractivity (Wildman–Crippen MR) is 91.0 cm³/mol. The van der Waals surface area contributed by atoms with Crippen molar-refractivity contribution in [1.29, 1.82) is 0 Å². The first-order valence-corrected chi connectivity index (χ1v) is 8.27. The number of aromatic nitrogens is 1. The van der Waals surface area contributed by atoms with Gasteiger partial charge in [0, 0.05) is 25.8 Å². The van der Waals surface area contributed by atoms with Crippen LogP contribution in [0.2, 0.25) is 0 Å². The average Bonchev–Trinajstić information content (AvgIpc) is 2.62. The highest BCUT2D eigenvalue weighted by atomic mass is 16.1. The smallest absolute Gasteiger partial charge is 0.269 e. The standard InChI is InChI=1S/C19H23N3O/c23-19(18-10-4-5-11-20-18)21-13-17-9-6-12-22(15-17)14-16-7-2-1-3-8-16/h1-5,7-8,10-11,17H,6,9,12-15H2,(H,21,23). The Balaban J connectivity index is 1.48. The summed E-state index contributed by atoms with van der Waals surface area (Å²) in [5.41, 5.74) is 1.84. The lowest BCUT2D eigenvalue weighted by Crippen LogP contribution is -2.40. The van der Waals surface area contributed by atoms with E-state index in [9.17, 15) is 4.79 Å². The molecule has 1 amide bonds. The van der Waals surface area contributed by atoms with E-state index in [0.717, 1.165) is 26.2 Å². The van der Waals surface area contributed by atoms with Crippen LogP contribution in [0.4, 0.5) is 0 Å². The zero-order valence-corrected chi connectivity index (χ0v) is 13.3. The van der Waals surface area contributed by atoms with Gasteiger partial charge in [-0.15, -0.1) is 0 Å². The molecule has 2 aromatic rings. The molecule has 0 radical (unpaired) electrons. The lowest BCUT2D eigenvalue weighted by Gasteiger charge is -2.32. The second-order valence-electron chi connectivity index (χ2n) is 6.15. The van der Waals surface area contributed by atoms with E-state index in [1.54, 1.807) is 12.3 Å². The van der Waals surface area contributed by atoms with Crippen LogP contribution in [-0.4, -0.2) is 35.4 Å². The summed E-state index contributed by atoms with van der Waals surface area (Å²) in [6.45, 7) is 3.89. The molecule has 1 aromatic heterocycles. The van der Waals surface area contributed by atoms with Gasteiger partial charge >= 0.3 is 0 Å². The maximum Gasteiger partial charge on any atom is 0.269 e. The number of pyridine rings is 1. The normalized spacial score (nSPS) is 18.5. The Kier molecular flexibility index (Phi) is 5.37.